The molecule has 1 aromatic heterocycles. The van der Waals surface area contributed by atoms with Crippen molar-refractivity contribution in [3.63, 3.8) is 0 Å². The predicted octanol–water partition coefficient (Wildman–Crippen LogP) is 6.75. The van der Waals surface area contributed by atoms with Gasteiger partial charge in [-0.15, -0.1) is 5.10 Å². The quantitative estimate of drug-likeness (QED) is 0.203. The van der Waals surface area contributed by atoms with Crippen LogP contribution in [0.25, 0.3) is 11.3 Å². The van der Waals surface area contributed by atoms with Crippen molar-refractivity contribution in [3.8, 4) is 17.3 Å². The number of aromatic nitrogens is 3. The Morgan fingerprint density at radius 3 is 2.51 bits per heavy atom. The van der Waals surface area contributed by atoms with Crippen molar-refractivity contribution < 1.29 is 32.1 Å². The monoisotopic (exact) mass is 648 g/mol. The van der Waals surface area contributed by atoms with E-state index in [1.165, 1.54) is 22.6 Å². The molecule has 0 bridgehead atoms. The van der Waals surface area contributed by atoms with Gasteiger partial charge in [-0.3, -0.25) is 0 Å². The number of ether oxygens (including phenoxy) is 4. The molecule has 2 aliphatic heterocycles. The fourth-order valence-corrected chi connectivity index (χ4v) is 6.53. The zero-order chi connectivity index (χ0) is 30.1. The van der Waals surface area contributed by atoms with Crippen molar-refractivity contribution >= 4 is 35.0 Å². The highest BCUT2D eigenvalue weighted by molar-refractivity contribution is 7.99. The second kappa shape index (κ2) is 12.8. The molecule has 4 aromatic rings. The molecule has 0 saturated carbocycles. The minimum Gasteiger partial charge on any atom is -0.357 e. The summed E-state index contributed by atoms with van der Waals surface area (Å²) in [7, 11) is 0. The largest absolute Gasteiger partial charge is 0.357 e. The molecule has 1 unspecified atom stereocenters. The zero-order valence-corrected chi connectivity index (χ0v) is 24.3. The molecule has 0 N–H and O–H groups in total. The Kier molecular flexibility index (Phi) is 8.93. The van der Waals surface area contributed by atoms with E-state index < -0.39 is 53.5 Å². The molecule has 3 aromatic carbocycles. The standard InChI is InChI=1S/C29H21Cl2F3N4O4S/c30-18-7-6-17(12-19(18)31)43-29-27(39-9-8-35)25(26-23(41-29)14-40-28(42-26)15-4-2-1-3-5-15)38-13-22(36-37-38)16-10-20(32)24(34)21(33)11-16/h1-7,10-13,23,25-29H,9,14H2/t23-,25+,26+,27-,28?,29-/m1/s1. The van der Waals surface area contributed by atoms with Crippen LogP contribution in [-0.2, 0) is 18.9 Å². The van der Waals surface area contributed by atoms with Crippen molar-refractivity contribution in [2.24, 2.45) is 0 Å². The second-order valence-electron chi connectivity index (χ2n) is 9.68. The summed E-state index contributed by atoms with van der Waals surface area (Å²) in [6.45, 7) is -0.130. The highest BCUT2D eigenvalue weighted by Gasteiger charge is 2.52. The Morgan fingerprint density at radius 2 is 1.79 bits per heavy atom. The molecule has 6 atom stereocenters. The zero-order valence-electron chi connectivity index (χ0n) is 21.9. The SMILES string of the molecule is N#CCO[C@@H]1[C@@H](n2cc(-c3cc(F)c(F)c(F)c3)nn2)[C@H]2OC(c3ccccc3)OC[C@H]2O[C@@H]1Sc1ccc(Cl)c(Cl)c1. The lowest BCUT2D eigenvalue weighted by molar-refractivity contribution is -0.309. The van der Waals surface area contributed by atoms with E-state index in [0.29, 0.717) is 10.0 Å². The van der Waals surface area contributed by atoms with E-state index in [2.05, 4.69) is 10.3 Å². The van der Waals surface area contributed by atoms with Crippen LogP contribution in [0.3, 0.4) is 0 Å². The third kappa shape index (κ3) is 6.25. The van der Waals surface area contributed by atoms with E-state index in [0.717, 1.165) is 22.6 Å². The number of hydrogen-bond donors (Lipinski definition) is 0. The van der Waals surface area contributed by atoms with Crippen LogP contribution in [0.5, 0.6) is 0 Å². The van der Waals surface area contributed by atoms with Gasteiger partial charge < -0.3 is 18.9 Å². The normalized spacial score (nSPS) is 25.2. The minimum absolute atomic E-state index is 0.0162. The molecule has 43 heavy (non-hydrogen) atoms. The van der Waals surface area contributed by atoms with Crippen LogP contribution < -0.4 is 0 Å². The van der Waals surface area contributed by atoms with E-state index in [4.69, 9.17) is 42.1 Å². The summed E-state index contributed by atoms with van der Waals surface area (Å²) >= 11 is 13.7. The molecule has 6 rings (SSSR count). The first-order chi connectivity index (χ1) is 20.8. The van der Waals surface area contributed by atoms with Crippen molar-refractivity contribution in [1.82, 2.24) is 15.0 Å². The average molecular weight is 649 g/mol. The highest BCUT2D eigenvalue weighted by Crippen LogP contribution is 2.45. The molecule has 0 aliphatic carbocycles. The van der Waals surface area contributed by atoms with Gasteiger partial charge >= 0.3 is 0 Å². The van der Waals surface area contributed by atoms with E-state index in [1.807, 2.05) is 36.4 Å². The first-order valence-electron chi connectivity index (χ1n) is 13.0. The van der Waals surface area contributed by atoms with Gasteiger partial charge in [0.15, 0.2) is 23.7 Å². The smallest absolute Gasteiger partial charge is 0.194 e. The maximum absolute atomic E-state index is 14.0. The van der Waals surface area contributed by atoms with Gasteiger partial charge in [-0.05, 0) is 30.3 Å². The summed E-state index contributed by atoms with van der Waals surface area (Å²) in [5.74, 6) is -4.30. The summed E-state index contributed by atoms with van der Waals surface area (Å²) in [5, 5.41) is 18.5. The third-order valence-electron chi connectivity index (χ3n) is 6.96. The topological polar surface area (TPSA) is 91.4 Å². The number of benzene rings is 3. The Bertz CT molecular complexity index is 1640. The predicted molar refractivity (Wildman–Crippen MR) is 151 cm³/mol. The Morgan fingerprint density at radius 1 is 1.02 bits per heavy atom. The first kappa shape index (κ1) is 29.9. The fraction of sp³-hybridized carbons (Fsp3) is 0.276. The first-order valence-corrected chi connectivity index (χ1v) is 14.6. The molecule has 2 aliphatic rings. The number of nitriles is 1. The molecule has 3 heterocycles. The molecule has 0 amide bonds. The fourth-order valence-electron chi connectivity index (χ4n) is 5.00. The average Bonchev–Trinajstić information content (AvgIpc) is 3.50. The Labute approximate surface area is 258 Å². The number of fused-ring (bicyclic) bond motifs is 1. The molecular formula is C29H21Cl2F3N4O4S. The van der Waals surface area contributed by atoms with Crippen LogP contribution in [-0.4, -0.2) is 52.0 Å². The number of hydrogen-bond acceptors (Lipinski definition) is 8. The lowest BCUT2D eigenvalue weighted by atomic mass is 9.95. The van der Waals surface area contributed by atoms with Gasteiger partial charge in [-0.1, -0.05) is 70.5 Å². The van der Waals surface area contributed by atoms with Gasteiger partial charge in [0.25, 0.3) is 0 Å². The molecule has 0 radical (unpaired) electrons. The van der Waals surface area contributed by atoms with Crippen LogP contribution in [0, 0.1) is 28.8 Å². The minimum atomic E-state index is -1.59. The van der Waals surface area contributed by atoms with Gasteiger partial charge in [0, 0.05) is 16.0 Å². The van der Waals surface area contributed by atoms with Gasteiger partial charge in [0.05, 0.1) is 28.9 Å². The van der Waals surface area contributed by atoms with Gasteiger partial charge in [-0.2, -0.15) is 5.26 Å². The van der Waals surface area contributed by atoms with Crippen molar-refractivity contribution in [1.29, 1.82) is 5.26 Å². The van der Waals surface area contributed by atoms with Crippen LogP contribution in [0.1, 0.15) is 17.9 Å². The van der Waals surface area contributed by atoms with Crippen LogP contribution in [0.15, 0.2) is 71.8 Å². The summed E-state index contributed by atoms with van der Waals surface area (Å²) in [6, 6.07) is 17.3. The number of nitrogens with zero attached hydrogens (tertiary/aromatic N) is 4. The van der Waals surface area contributed by atoms with Crippen LogP contribution in [0.4, 0.5) is 13.2 Å². The van der Waals surface area contributed by atoms with E-state index in [1.54, 1.807) is 18.2 Å². The molecule has 2 fully saturated rings. The maximum Gasteiger partial charge on any atom is 0.194 e. The molecule has 0 spiro atoms. The third-order valence-corrected chi connectivity index (χ3v) is 8.84. The number of rotatable bonds is 7. The van der Waals surface area contributed by atoms with Gasteiger partial charge in [-0.25, -0.2) is 17.9 Å². The van der Waals surface area contributed by atoms with Crippen molar-refractivity contribution in [2.45, 2.75) is 41.0 Å². The highest BCUT2D eigenvalue weighted by atomic mass is 35.5. The summed E-state index contributed by atoms with van der Waals surface area (Å²) in [5.41, 5.74) is 0.126. The maximum atomic E-state index is 14.0. The van der Waals surface area contributed by atoms with Crippen LogP contribution in [0.2, 0.25) is 10.0 Å². The molecule has 2 saturated heterocycles. The lowest BCUT2D eigenvalue weighted by Gasteiger charge is -2.49. The van der Waals surface area contributed by atoms with E-state index >= 15 is 0 Å². The summed E-state index contributed by atoms with van der Waals surface area (Å²) in [6.07, 6.45) is -1.46. The molecular weight excluding hydrogens is 628 g/mol. The van der Waals surface area contributed by atoms with E-state index in [9.17, 15) is 18.4 Å². The lowest BCUT2D eigenvalue weighted by Crippen LogP contribution is -2.59. The van der Waals surface area contributed by atoms with Gasteiger partial charge in [0.2, 0.25) is 0 Å². The van der Waals surface area contributed by atoms with Crippen molar-refractivity contribution in [2.75, 3.05) is 13.2 Å². The number of halogens is 5. The summed E-state index contributed by atoms with van der Waals surface area (Å²) in [4.78, 5) is 0.721. The molecule has 14 heteroatoms. The van der Waals surface area contributed by atoms with E-state index in [-0.39, 0.29) is 24.5 Å². The molecule has 8 nitrogen and oxygen atoms in total. The summed E-state index contributed by atoms with van der Waals surface area (Å²) < 4.78 is 68.1. The second-order valence-corrected chi connectivity index (χ2v) is 11.7. The Balaban J connectivity index is 1.40. The van der Waals surface area contributed by atoms with Gasteiger partial charge in [0.1, 0.15) is 42.1 Å². The number of thioether (sulfide) groups is 1. The van der Waals surface area contributed by atoms with Crippen molar-refractivity contribution in [3.05, 3.63) is 99.9 Å². The van der Waals surface area contributed by atoms with Crippen LogP contribution >= 0.6 is 35.0 Å². The molecule has 222 valence electrons. The Hall–Kier alpha value is -3.15.